The number of ether oxygens (including phenoxy) is 1. The van der Waals surface area contributed by atoms with Crippen molar-refractivity contribution in [3.05, 3.63) is 11.6 Å². The third-order valence-electron chi connectivity index (χ3n) is 4.30. The summed E-state index contributed by atoms with van der Waals surface area (Å²) in [6.07, 6.45) is -1.97. The van der Waals surface area contributed by atoms with Gasteiger partial charge < -0.3 is 15.0 Å². The molecule has 2 rings (SSSR count). The number of piperidine rings is 1. The molecule has 0 aliphatic carbocycles. The Labute approximate surface area is 122 Å². The van der Waals surface area contributed by atoms with Crippen molar-refractivity contribution in [3.8, 4) is 0 Å². The van der Waals surface area contributed by atoms with Gasteiger partial charge in [-0.2, -0.15) is 13.2 Å². The van der Waals surface area contributed by atoms with Crippen molar-refractivity contribution in [1.82, 2.24) is 10.2 Å². The van der Waals surface area contributed by atoms with Crippen LogP contribution in [0, 0.1) is 5.41 Å². The maximum absolute atomic E-state index is 12.7. The molecule has 2 aliphatic rings. The third kappa shape index (κ3) is 3.58. The van der Waals surface area contributed by atoms with E-state index >= 15 is 0 Å². The summed E-state index contributed by atoms with van der Waals surface area (Å²) in [5.41, 5.74) is -1.12. The van der Waals surface area contributed by atoms with E-state index in [1.165, 1.54) is 4.90 Å². The second-order valence-corrected chi connectivity index (χ2v) is 5.69. The van der Waals surface area contributed by atoms with Gasteiger partial charge in [0.2, 0.25) is 5.91 Å². The lowest BCUT2D eigenvalue weighted by atomic mass is 9.78. The van der Waals surface area contributed by atoms with Crippen molar-refractivity contribution >= 4 is 5.91 Å². The number of methoxy groups -OCH3 is 1. The van der Waals surface area contributed by atoms with Gasteiger partial charge in [-0.1, -0.05) is 6.08 Å². The Morgan fingerprint density at radius 1 is 1.43 bits per heavy atom. The summed E-state index contributed by atoms with van der Waals surface area (Å²) in [6.45, 7) is 1.94. The van der Waals surface area contributed by atoms with Gasteiger partial charge in [-0.05, 0) is 32.4 Å². The second-order valence-electron chi connectivity index (χ2n) is 5.69. The summed E-state index contributed by atoms with van der Waals surface area (Å²) in [6, 6.07) is 0. The lowest BCUT2D eigenvalue weighted by molar-refractivity contribution is -0.148. The molecular weight excluding hydrogens is 285 g/mol. The first-order chi connectivity index (χ1) is 9.89. The highest BCUT2D eigenvalue weighted by Gasteiger charge is 2.43. The minimum absolute atomic E-state index is 0.0343. The van der Waals surface area contributed by atoms with Gasteiger partial charge in [-0.25, -0.2) is 0 Å². The topological polar surface area (TPSA) is 41.6 Å². The molecule has 4 nitrogen and oxygen atoms in total. The molecule has 2 aliphatic heterocycles. The normalized spacial score (nSPS) is 22.9. The minimum atomic E-state index is -4.28. The summed E-state index contributed by atoms with van der Waals surface area (Å²) in [4.78, 5) is 14.3. The Balaban J connectivity index is 2.07. The van der Waals surface area contributed by atoms with Crippen LogP contribution in [-0.4, -0.2) is 56.9 Å². The van der Waals surface area contributed by atoms with Crippen molar-refractivity contribution < 1.29 is 22.7 Å². The number of alkyl halides is 3. The molecule has 1 N–H and O–H groups in total. The average molecular weight is 306 g/mol. The average Bonchev–Trinajstić information content (AvgIpc) is 2.47. The van der Waals surface area contributed by atoms with Gasteiger partial charge >= 0.3 is 6.18 Å². The fourth-order valence-electron chi connectivity index (χ4n) is 3.05. The van der Waals surface area contributed by atoms with E-state index < -0.39 is 17.2 Å². The van der Waals surface area contributed by atoms with Gasteiger partial charge in [-0.3, -0.25) is 4.79 Å². The minimum Gasteiger partial charge on any atom is -0.384 e. The number of hydrogen-bond donors (Lipinski definition) is 1. The highest BCUT2D eigenvalue weighted by Crippen LogP contribution is 2.34. The molecule has 1 saturated heterocycles. The van der Waals surface area contributed by atoms with Crippen LogP contribution in [0.4, 0.5) is 13.2 Å². The van der Waals surface area contributed by atoms with Crippen LogP contribution in [0.5, 0.6) is 0 Å². The van der Waals surface area contributed by atoms with Gasteiger partial charge in [0.1, 0.15) is 0 Å². The lowest BCUT2D eigenvalue weighted by Crippen LogP contribution is -2.52. The molecule has 2 heterocycles. The molecule has 0 aromatic carbocycles. The molecule has 0 aromatic heterocycles. The molecule has 0 bridgehead atoms. The number of nitrogens with one attached hydrogen (secondary N) is 1. The number of carbonyl (C=O) groups excluding carboxylic acids is 1. The van der Waals surface area contributed by atoms with Gasteiger partial charge in [0.25, 0.3) is 0 Å². The van der Waals surface area contributed by atoms with E-state index in [0.29, 0.717) is 19.4 Å². The van der Waals surface area contributed by atoms with E-state index in [9.17, 15) is 18.0 Å². The monoisotopic (exact) mass is 306 g/mol. The fourth-order valence-corrected chi connectivity index (χ4v) is 3.05. The molecule has 0 atom stereocenters. The lowest BCUT2D eigenvalue weighted by Gasteiger charge is -2.40. The van der Waals surface area contributed by atoms with Crippen LogP contribution in [0.2, 0.25) is 0 Å². The third-order valence-corrected chi connectivity index (χ3v) is 4.30. The number of rotatable bonds is 3. The molecule has 1 fully saturated rings. The summed E-state index contributed by atoms with van der Waals surface area (Å²) < 4.78 is 43.1. The van der Waals surface area contributed by atoms with Crippen molar-refractivity contribution in [2.75, 3.05) is 39.9 Å². The zero-order valence-electron chi connectivity index (χ0n) is 12.1. The maximum Gasteiger partial charge on any atom is 0.412 e. The van der Waals surface area contributed by atoms with Crippen molar-refractivity contribution in [1.29, 1.82) is 0 Å². The molecule has 0 radical (unpaired) electrons. The Hall–Kier alpha value is -1.08. The summed E-state index contributed by atoms with van der Waals surface area (Å²) in [7, 11) is 1.55. The Morgan fingerprint density at radius 2 is 2.10 bits per heavy atom. The largest absolute Gasteiger partial charge is 0.412 e. The van der Waals surface area contributed by atoms with Crippen LogP contribution in [0.1, 0.15) is 19.3 Å². The van der Waals surface area contributed by atoms with Crippen LogP contribution < -0.4 is 5.32 Å². The predicted molar refractivity (Wildman–Crippen MR) is 71.7 cm³/mol. The van der Waals surface area contributed by atoms with E-state index in [1.54, 1.807) is 7.11 Å². The molecule has 0 spiro atoms. The Morgan fingerprint density at radius 3 is 2.57 bits per heavy atom. The molecule has 0 unspecified atom stereocenters. The Kier molecular flexibility index (Phi) is 4.93. The molecule has 1 amide bonds. The first-order valence-electron chi connectivity index (χ1n) is 7.14. The molecule has 120 valence electrons. The first-order valence-corrected chi connectivity index (χ1v) is 7.14. The summed E-state index contributed by atoms with van der Waals surface area (Å²) in [5, 5.41) is 3.20. The molecule has 0 aromatic rings. The standard InChI is InChI=1S/C14H21F3N2O2/c1-21-10-13(4-6-18-7-5-13)12(20)19-8-2-11(3-9-19)14(15,16)17/h2,18H,3-10H2,1H3. The smallest absolute Gasteiger partial charge is 0.384 e. The van der Waals surface area contributed by atoms with E-state index in [0.717, 1.165) is 19.2 Å². The maximum atomic E-state index is 12.7. The fraction of sp³-hybridized carbons (Fsp3) is 0.786. The SMILES string of the molecule is COCC1(C(=O)N2CC=C(C(F)(F)F)CC2)CCNCC1. The highest BCUT2D eigenvalue weighted by atomic mass is 19.4. The quantitative estimate of drug-likeness (QED) is 0.807. The van der Waals surface area contributed by atoms with Crippen molar-refractivity contribution in [2.24, 2.45) is 5.41 Å². The van der Waals surface area contributed by atoms with Crippen molar-refractivity contribution in [2.45, 2.75) is 25.4 Å². The number of carbonyl (C=O) groups is 1. The number of amides is 1. The predicted octanol–water partition coefficient (Wildman–Crippen LogP) is 1.72. The van der Waals surface area contributed by atoms with Gasteiger partial charge in [0.05, 0.1) is 12.0 Å². The first kappa shape index (κ1) is 16.3. The zero-order chi connectivity index (χ0) is 15.5. The molecule has 21 heavy (non-hydrogen) atoms. The van der Waals surface area contributed by atoms with Crippen LogP contribution in [0.25, 0.3) is 0 Å². The van der Waals surface area contributed by atoms with Crippen LogP contribution in [0.15, 0.2) is 11.6 Å². The van der Waals surface area contributed by atoms with E-state index in [-0.39, 0.29) is 25.4 Å². The van der Waals surface area contributed by atoms with Crippen LogP contribution >= 0.6 is 0 Å². The van der Waals surface area contributed by atoms with E-state index in [2.05, 4.69) is 5.32 Å². The van der Waals surface area contributed by atoms with Crippen LogP contribution in [0.3, 0.4) is 0 Å². The van der Waals surface area contributed by atoms with Gasteiger partial charge in [0, 0.05) is 25.8 Å². The molecule has 0 saturated carbocycles. The van der Waals surface area contributed by atoms with Gasteiger partial charge in [-0.15, -0.1) is 0 Å². The van der Waals surface area contributed by atoms with Crippen molar-refractivity contribution in [3.63, 3.8) is 0 Å². The second kappa shape index (κ2) is 6.36. The van der Waals surface area contributed by atoms with Crippen LogP contribution in [-0.2, 0) is 9.53 Å². The molecule has 7 heteroatoms. The number of nitrogens with zero attached hydrogens (tertiary/aromatic N) is 1. The Bertz CT molecular complexity index is 409. The molecular formula is C14H21F3N2O2. The summed E-state index contributed by atoms with van der Waals surface area (Å²) in [5.74, 6) is -0.0803. The number of halogens is 3. The van der Waals surface area contributed by atoms with E-state index in [4.69, 9.17) is 4.74 Å². The van der Waals surface area contributed by atoms with Gasteiger partial charge in [0.15, 0.2) is 0 Å². The zero-order valence-corrected chi connectivity index (χ0v) is 12.1. The summed E-state index contributed by atoms with van der Waals surface area (Å²) >= 11 is 0. The van der Waals surface area contributed by atoms with E-state index in [1.807, 2.05) is 0 Å². The highest BCUT2D eigenvalue weighted by molar-refractivity contribution is 5.83. The number of hydrogen-bond acceptors (Lipinski definition) is 3.